The maximum atomic E-state index is 4.46. The van der Waals surface area contributed by atoms with Crippen molar-refractivity contribution in [3.05, 3.63) is 33.5 Å². The first kappa shape index (κ1) is 11.3. The molecule has 2 aromatic heterocycles. The number of hydrogen-bond donors (Lipinski definition) is 1. The Labute approximate surface area is 99.3 Å². The lowest BCUT2D eigenvalue weighted by Gasteiger charge is -2.12. The van der Waals surface area contributed by atoms with E-state index in [9.17, 15) is 0 Å². The monoisotopic (exact) mass is 236 g/mol. The summed E-state index contributed by atoms with van der Waals surface area (Å²) in [5.41, 5.74) is 2.13. The third-order valence-electron chi connectivity index (χ3n) is 2.52. The van der Waals surface area contributed by atoms with Crippen molar-refractivity contribution in [2.24, 2.45) is 7.05 Å². The van der Waals surface area contributed by atoms with Gasteiger partial charge in [-0.1, -0.05) is 0 Å². The maximum Gasteiger partial charge on any atom is 0.0900 e. The van der Waals surface area contributed by atoms with Crippen LogP contribution in [0.15, 0.2) is 12.3 Å². The molecule has 1 atom stereocenters. The Morgan fingerprint density at radius 3 is 2.62 bits per heavy atom. The summed E-state index contributed by atoms with van der Waals surface area (Å²) in [6.45, 7) is 4.08. The molecule has 2 aromatic rings. The molecule has 2 heterocycles. The number of thiazole rings is 1. The molecule has 5 heteroatoms. The van der Waals surface area contributed by atoms with E-state index in [1.807, 2.05) is 44.9 Å². The fraction of sp³-hybridized carbons (Fsp3) is 0.455. The molecule has 0 bridgehead atoms. The van der Waals surface area contributed by atoms with Gasteiger partial charge in [0.05, 0.1) is 27.3 Å². The van der Waals surface area contributed by atoms with Crippen LogP contribution in [-0.4, -0.2) is 21.8 Å². The predicted molar refractivity (Wildman–Crippen MR) is 65.7 cm³/mol. The summed E-state index contributed by atoms with van der Waals surface area (Å²) in [6.07, 6.45) is 1.96. The third-order valence-corrected chi connectivity index (χ3v) is 3.66. The lowest BCUT2D eigenvalue weighted by atomic mass is 10.1. The highest BCUT2D eigenvalue weighted by atomic mass is 32.1. The molecular formula is C11H16N4S. The van der Waals surface area contributed by atoms with Crippen LogP contribution >= 0.6 is 11.3 Å². The average molecular weight is 236 g/mol. The van der Waals surface area contributed by atoms with Crippen LogP contribution in [0.5, 0.6) is 0 Å². The molecule has 2 rings (SSSR count). The predicted octanol–water partition coefficient (Wildman–Crippen LogP) is 1.80. The van der Waals surface area contributed by atoms with Crippen molar-refractivity contribution in [1.82, 2.24) is 20.1 Å². The average Bonchev–Trinajstić information content (AvgIpc) is 2.76. The Morgan fingerprint density at radius 2 is 2.19 bits per heavy atom. The van der Waals surface area contributed by atoms with Gasteiger partial charge in [-0.2, -0.15) is 5.10 Å². The number of aromatic nitrogens is 3. The van der Waals surface area contributed by atoms with E-state index >= 15 is 0 Å². The zero-order valence-corrected chi connectivity index (χ0v) is 10.8. The minimum atomic E-state index is 0.146. The van der Waals surface area contributed by atoms with Crippen LogP contribution in [0.3, 0.4) is 0 Å². The summed E-state index contributed by atoms with van der Waals surface area (Å²) in [5, 5.41) is 8.84. The number of hydrogen-bond acceptors (Lipinski definition) is 4. The first-order valence-electron chi connectivity index (χ1n) is 5.22. The van der Waals surface area contributed by atoms with Gasteiger partial charge in [-0.3, -0.25) is 4.68 Å². The standard InChI is InChI=1S/C11H16N4S/c1-7-11(16-8(2)13-7)10(12-3)9-5-6-15(4)14-9/h5-6,10,12H,1-4H3. The topological polar surface area (TPSA) is 42.7 Å². The SMILES string of the molecule is CNC(c1ccn(C)n1)c1sc(C)nc1C. The van der Waals surface area contributed by atoms with Crippen molar-refractivity contribution in [3.8, 4) is 0 Å². The van der Waals surface area contributed by atoms with E-state index in [1.54, 1.807) is 11.3 Å². The lowest BCUT2D eigenvalue weighted by Crippen LogP contribution is -2.18. The molecule has 0 saturated heterocycles. The molecule has 0 aliphatic heterocycles. The molecule has 86 valence electrons. The quantitative estimate of drug-likeness (QED) is 0.883. The fourth-order valence-electron chi connectivity index (χ4n) is 1.82. The highest BCUT2D eigenvalue weighted by Crippen LogP contribution is 2.28. The molecule has 1 unspecified atom stereocenters. The van der Waals surface area contributed by atoms with Crippen LogP contribution < -0.4 is 5.32 Å². The van der Waals surface area contributed by atoms with Crippen LogP contribution in [0, 0.1) is 13.8 Å². The van der Waals surface area contributed by atoms with Crippen LogP contribution in [0.1, 0.15) is 27.3 Å². The molecule has 0 radical (unpaired) electrons. The van der Waals surface area contributed by atoms with Gasteiger partial charge in [0.1, 0.15) is 0 Å². The Morgan fingerprint density at radius 1 is 1.44 bits per heavy atom. The number of nitrogens with zero attached hydrogens (tertiary/aromatic N) is 3. The summed E-state index contributed by atoms with van der Waals surface area (Å²) in [6, 6.07) is 2.18. The molecule has 0 fully saturated rings. The maximum absolute atomic E-state index is 4.46. The highest BCUT2D eigenvalue weighted by Gasteiger charge is 2.19. The van der Waals surface area contributed by atoms with E-state index < -0.39 is 0 Å². The van der Waals surface area contributed by atoms with E-state index in [2.05, 4.69) is 15.4 Å². The van der Waals surface area contributed by atoms with Crippen molar-refractivity contribution >= 4 is 11.3 Å². The largest absolute Gasteiger partial charge is 0.307 e. The molecule has 0 spiro atoms. The smallest absolute Gasteiger partial charge is 0.0900 e. The van der Waals surface area contributed by atoms with Crippen LogP contribution in [0.4, 0.5) is 0 Å². The molecule has 0 aromatic carbocycles. The van der Waals surface area contributed by atoms with E-state index in [1.165, 1.54) is 4.88 Å². The summed E-state index contributed by atoms with van der Waals surface area (Å²) in [7, 11) is 3.88. The van der Waals surface area contributed by atoms with Gasteiger partial charge in [-0.15, -0.1) is 11.3 Å². The second kappa shape index (κ2) is 4.35. The third kappa shape index (κ3) is 2.01. The highest BCUT2D eigenvalue weighted by molar-refractivity contribution is 7.11. The molecular weight excluding hydrogens is 220 g/mol. The summed E-state index contributed by atoms with van der Waals surface area (Å²) in [5.74, 6) is 0. The van der Waals surface area contributed by atoms with Crippen LogP contribution in [-0.2, 0) is 7.05 Å². The van der Waals surface area contributed by atoms with E-state index in [0.29, 0.717) is 0 Å². The van der Waals surface area contributed by atoms with Gasteiger partial charge in [-0.05, 0) is 27.0 Å². The summed E-state index contributed by atoms with van der Waals surface area (Å²) < 4.78 is 1.82. The summed E-state index contributed by atoms with van der Waals surface area (Å²) in [4.78, 5) is 5.70. The van der Waals surface area contributed by atoms with E-state index in [0.717, 1.165) is 16.4 Å². The molecule has 4 nitrogen and oxygen atoms in total. The number of aryl methyl sites for hydroxylation is 3. The Hall–Kier alpha value is -1.20. The minimum Gasteiger partial charge on any atom is -0.307 e. The van der Waals surface area contributed by atoms with Crippen LogP contribution in [0.2, 0.25) is 0 Å². The minimum absolute atomic E-state index is 0.146. The van der Waals surface area contributed by atoms with Gasteiger partial charge in [0.2, 0.25) is 0 Å². The fourth-order valence-corrected chi connectivity index (χ4v) is 2.87. The first-order valence-corrected chi connectivity index (χ1v) is 6.04. The second-order valence-electron chi connectivity index (χ2n) is 3.82. The molecule has 0 aliphatic carbocycles. The van der Waals surface area contributed by atoms with Gasteiger partial charge >= 0.3 is 0 Å². The van der Waals surface area contributed by atoms with Crippen molar-refractivity contribution in [3.63, 3.8) is 0 Å². The number of nitrogens with one attached hydrogen (secondary N) is 1. The number of rotatable bonds is 3. The normalized spacial score (nSPS) is 13.0. The second-order valence-corrected chi connectivity index (χ2v) is 5.05. The summed E-state index contributed by atoms with van der Waals surface area (Å²) >= 11 is 1.73. The van der Waals surface area contributed by atoms with Crippen molar-refractivity contribution in [2.45, 2.75) is 19.9 Å². The Balaban J connectivity index is 2.40. The molecule has 0 aliphatic rings. The van der Waals surface area contributed by atoms with Gasteiger partial charge in [-0.25, -0.2) is 4.98 Å². The van der Waals surface area contributed by atoms with Gasteiger partial charge in [0, 0.05) is 13.2 Å². The molecule has 16 heavy (non-hydrogen) atoms. The Bertz CT molecular complexity index is 486. The van der Waals surface area contributed by atoms with Gasteiger partial charge in [0.25, 0.3) is 0 Å². The van der Waals surface area contributed by atoms with Gasteiger partial charge < -0.3 is 5.32 Å². The van der Waals surface area contributed by atoms with Crippen molar-refractivity contribution < 1.29 is 0 Å². The zero-order chi connectivity index (χ0) is 11.7. The van der Waals surface area contributed by atoms with E-state index in [-0.39, 0.29) is 6.04 Å². The van der Waals surface area contributed by atoms with Crippen molar-refractivity contribution in [1.29, 1.82) is 0 Å². The Kier molecular flexibility index (Phi) is 3.07. The van der Waals surface area contributed by atoms with Crippen molar-refractivity contribution in [2.75, 3.05) is 7.05 Å². The molecule has 0 amide bonds. The van der Waals surface area contributed by atoms with Crippen LogP contribution in [0.25, 0.3) is 0 Å². The first-order chi connectivity index (χ1) is 7.61. The molecule has 1 N–H and O–H groups in total. The zero-order valence-electron chi connectivity index (χ0n) is 9.98. The van der Waals surface area contributed by atoms with Gasteiger partial charge in [0.15, 0.2) is 0 Å². The van der Waals surface area contributed by atoms with E-state index in [4.69, 9.17) is 0 Å². The molecule has 0 saturated carbocycles. The lowest BCUT2D eigenvalue weighted by molar-refractivity contribution is 0.646.